The van der Waals surface area contributed by atoms with Crippen LogP contribution in [0, 0.1) is 5.92 Å². The summed E-state index contributed by atoms with van der Waals surface area (Å²) in [5.74, 6) is 0.432. The zero-order chi connectivity index (χ0) is 19.0. The smallest absolute Gasteiger partial charge is 0.262 e. The number of benzene rings is 1. The van der Waals surface area contributed by atoms with Gasteiger partial charge in [0.05, 0.1) is 11.7 Å². The molecule has 0 aliphatic heterocycles. The first-order valence-corrected chi connectivity index (χ1v) is 10.2. The number of carbonyl (C=O) groups is 1. The Labute approximate surface area is 162 Å². The van der Waals surface area contributed by atoms with Crippen molar-refractivity contribution in [2.45, 2.75) is 46.1 Å². The molecule has 3 aromatic rings. The van der Waals surface area contributed by atoms with E-state index in [0.29, 0.717) is 11.3 Å². The Morgan fingerprint density at radius 3 is 3.07 bits per heavy atom. The number of hydrogen-bond acceptors (Lipinski definition) is 4. The average molecular weight is 382 g/mol. The Morgan fingerprint density at radius 2 is 2.26 bits per heavy atom. The van der Waals surface area contributed by atoms with Gasteiger partial charge in [-0.3, -0.25) is 14.2 Å². The maximum Gasteiger partial charge on any atom is 0.262 e. The van der Waals surface area contributed by atoms with Gasteiger partial charge in [-0.2, -0.15) is 0 Å². The summed E-state index contributed by atoms with van der Waals surface area (Å²) in [4.78, 5) is 32.0. The van der Waals surface area contributed by atoms with Crippen LogP contribution in [0.3, 0.4) is 0 Å². The molecule has 5 nitrogen and oxygen atoms in total. The molecule has 2 heterocycles. The summed E-state index contributed by atoms with van der Waals surface area (Å²) in [6, 6.07) is 7.77. The molecule has 0 fully saturated rings. The van der Waals surface area contributed by atoms with E-state index in [1.54, 1.807) is 11.3 Å². The molecule has 140 valence electrons. The third kappa shape index (κ3) is 3.54. The molecule has 1 N–H and O–H groups in total. The van der Waals surface area contributed by atoms with Gasteiger partial charge in [-0.05, 0) is 54.9 Å². The van der Waals surface area contributed by atoms with Crippen molar-refractivity contribution >= 4 is 33.1 Å². The second-order valence-corrected chi connectivity index (χ2v) is 8.40. The molecule has 1 unspecified atom stereocenters. The van der Waals surface area contributed by atoms with E-state index in [-0.39, 0.29) is 18.0 Å². The lowest BCUT2D eigenvalue weighted by Crippen LogP contribution is -2.28. The van der Waals surface area contributed by atoms with Crippen molar-refractivity contribution in [3.8, 4) is 0 Å². The molecule has 1 aliphatic carbocycles. The lowest BCUT2D eigenvalue weighted by molar-refractivity contribution is -0.116. The Bertz CT molecular complexity index is 1070. The number of nitrogens with one attached hydrogen (secondary N) is 1. The van der Waals surface area contributed by atoms with Crippen LogP contribution in [0.15, 0.2) is 35.4 Å². The zero-order valence-corrected chi connectivity index (χ0v) is 16.4. The summed E-state index contributed by atoms with van der Waals surface area (Å²) >= 11 is 1.63. The van der Waals surface area contributed by atoms with Gasteiger partial charge in [0.1, 0.15) is 11.4 Å². The van der Waals surface area contributed by atoms with Gasteiger partial charge in [0.2, 0.25) is 5.91 Å². The first-order chi connectivity index (χ1) is 13.0. The van der Waals surface area contributed by atoms with Crippen molar-refractivity contribution < 1.29 is 4.79 Å². The minimum absolute atomic E-state index is 0.0286. The second-order valence-electron chi connectivity index (χ2n) is 7.31. The summed E-state index contributed by atoms with van der Waals surface area (Å²) < 4.78 is 1.42. The van der Waals surface area contributed by atoms with Gasteiger partial charge in [-0.1, -0.05) is 26.0 Å². The number of aromatic nitrogens is 2. The lowest BCUT2D eigenvalue weighted by Gasteiger charge is -2.17. The summed E-state index contributed by atoms with van der Waals surface area (Å²) in [5, 5.41) is 3.59. The molecule has 6 heteroatoms. The van der Waals surface area contributed by atoms with Gasteiger partial charge < -0.3 is 5.32 Å². The standard InChI is InChI=1S/C21H23N3O2S/c1-3-14-5-4-6-15(10-14)23-18(25)11-24-12-22-20-19(21(24)26)16-8-7-13(2)9-17(16)27-20/h4-6,10,12-13H,3,7-9,11H2,1-2H3,(H,23,25). The number of amides is 1. The lowest BCUT2D eigenvalue weighted by atomic mass is 9.89. The number of hydrogen-bond donors (Lipinski definition) is 1. The van der Waals surface area contributed by atoms with Gasteiger partial charge in [0.15, 0.2) is 0 Å². The van der Waals surface area contributed by atoms with Gasteiger partial charge in [-0.15, -0.1) is 11.3 Å². The highest BCUT2D eigenvalue weighted by Gasteiger charge is 2.23. The molecule has 0 radical (unpaired) electrons. The number of anilines is 1. The highest BCUT2D eigenvalue weighted by atomic mass is 32.1. The van der Waals surface area contributed by atoms with Crippen molar-refractivity contribution in [1.29, 1.82) is 0 Å². The van der Waals surface area contributed by atoms with Crippen molar-refractivity contribution in [2.24, 2.45) is 5.92 Å². The number of thiophene rings is 1. The fourth-order valence-electron chi connectivity index (χ4n) is 3.70. The first kappa shape index (κ1) is 17.9. The summed E-state index contributed by atoms with van der Waals surface area (Å²) in [7, 11) is 0. The maximum atomic E-state index is 13.0. The van der Waals surface area contributed by atoms with Crippen LogP contribution < -0.4 is 10.9 Å². The topological polar surface area (TPSA) is 64.0 Å². The Morgan fingerprint density at radius 1 is 1.41 bits per heavy atom. The number of aryl methyl sites for hydroxylation is 2. The van der Waals surface area contributed by atoms with E-state index in [1.807, 2.05) is 24.3 Å². The van der Waals surface area contributed by atoms with Crippen LogP contribution >= 0.6 is 11.3 Å². The molecule has 0 saturated carbocycles. The van der Waals surface area contributed by atoms with E-state index in [1.165, 1.54) is 15.8 Å². The first-order valence-electron chi connectivity index (χ1n) is 9.43. The Kier molecular flexibility index (Phi) is 4.83. The van der Waals surface area contributed by atoms with Crippen LogP contribution in [0.1, 0.15) is 36.3 Å². The second kappa shape index (κ2) is 7.27. The summed E-state index contributed by atoms with van der Waals surface area (Å²) in [6.07, 6.45) is 5.45. The molecule has 1 amide bonds. The molecular formula is C21H23N3O2S. The van der Waals surface area contributed by atoms with Gasteiger partial charge in [0, 0.05) is 10.6 Å². The molecular weight excluding hydrogens is 358 g/mol. The van der Waals surface area contributed by atoms with Crippen LogP contribution in [0.2, 0.25) is 0 Å². The van der Waals surface area contributed by atoms with Crippen LogP contribution in [0.25, 0.3) is 10.2 Å². The highest BCUT2D eigenvalue weighted by molar-refractivity contribution is 7.18. The molecule has 0 spiro atoms. The number of rotatable bonds is 4. The quantitative estimate of drug-likeness (QED) is 0.748. The molecule has 4 rings (SSSR count). The van der Waals surface area contributed by atoms with Crippen molar-refractivity contribution in [3.05, 3.63) is 57.0 Å². The fourth-order valence-corrected chi connectivity index (χ4v) is 5.04. The number of nitrogens with zero attached hydrogens (tertiary/aromatic N) is 2. The molecule has 1 aliphatic rings. The van der Waals surface area contributed by atoms with Crippen molar-refractivity contribution in [2.75, 3.05) is 5.32 Å². The minimum atomic E-state index is -0.218. The molecule has 2 aromatic heterocycles. The molecule has 27 heavy (non-hydrogen) atoms. The van der Waals surface area contributed by atoms with Crippen LogP contribution in [-0.4, -0.2) is 15.5 Å². The van der Waals surface area contributed by atoms with Gasteiger partial charge >= 0.3 is 0 Å². The highest BCUT2D eigenvalue weighted by Crippen LogP contribution is 2.35. The molecule has 1 atom stereocenters. The fraction of sp³-hybridized carbons (Fsp3) is 0.381. The van der Waals surface area contributed by atoms with Crippen LogP contribution in [-0.2, 0) is 30.6 Å². The summed E-state index contributed by atoms with van der Waals surface area (Å²) in [5.41, 5.74) is 2.95. The van der Waals surface area contributed by atoms with E-state index in [2.05, 4.69) is 24.1 Å². The molecule has 1 aromatic carbocycles. The van der Waals surface area contributed by atoms with E-state index < -0.39 is 0 Å². The van der Waals surface area contributed by atoms with Crippen LogP contribution in [0.5, 0.6) is 0 Å². The predicted molar refractivity (Wildman–Crippen MR) is 110 cm³/mol. The molecule has 0 bridgehead atoms. The van der Waals surface area contributed by atoms with Gasteiger partial charge in [0.25, 0.3) is 5.56 Å². The third-order valence-electron chi connectivity index (χ3n) is 5.22. The van der Waals surface area contributed by atoms with Crippen molar-refractivity contribution in [1.82, 2.24) is 9.55 Å². The zero-order valence-electron chi connectivity index (χ0n) is 15.6. The third-order valence-corrected chi connectivity index (χ3v) is 6.38. The SMILES string of the molecule is CCc1cccc(NC(=O)Cn2cnc3sc4c(c3c2=O)CCC(C)C4)c1. The maximum absolute atomic E-state index is 13.0. The van der Waals surface area contributed by atoms with Gasteiger partial charge in [-0.25, -0.2) is 4.98 Å². The van der Waals surface area contributed by atoms with Crippen LogP contribution in [0.4, 0.5) is 5.69 Å². The predicted octanol–water partition coefficient (Wildman–Crippen LogP) is 3.78. The van der Waals surface area contributed by atoms with E-state index in [4.69, 9.17) is 0 Å². The van der Waals surface area contributed by atoms with E-state index in [0.717, 1.165) is 47.3 Å². The Balaban J connectivity index is 1.59. The Hall–Kier alpha value is -2.47. The minimum Gasteiger partial charge on any atom is -0.325 e. The number of fused-ring (bicyclic) bond motifs is 3. The molecule has 0 saturated heterocycles. The average Bonchev–Trinajstić information content (AvgIpc) is 3.02. The summed E-state index contributed by atoms with van der Waals surface area (Å²) in [6.45, 7) is 4.29. The number of carbonyl (C=O) groups excluding carboxylic acids is 1. The van der Waals surface area contributed by atoms with E-state index in [9.17, 15) is 9.59 Å². The van der Waals surface area contributed by atoms with Crippen molar-refractivity contribution in [3.63, 3.8) is 0 Å². The normalized spacial score (nSPS) is 16.3. The largest absolute Gasteiger partial charge is 0.325 e. The van der Waals surface area contributed by atoms with E-state index >= 15 is 0 Å². The monoisotopic (exact) mass is 381 g/mol.